The zero-order valence-corrected chi connectivity index (χ0v) is 11.9. The summed E-state index contributed by atoms with van der Waals surface area (Å²) in [4.78, 5) is 24.1. The lowest BCUT2D eigenvalue weighted by atomic mass is 9.83. The maximum absolute atomic E-state index is 12.2. The van der Waals surface area contributed by atoms with Crippen molar-refractivity contribution in [3.63, 3.8) is 0 Å². The van der Waals surface area contributed by atoms with Crippen LogP contribution in [-0.2, 0) is 14.3 Å². The van der Waals surface area contributed by atoms with E-state index in [4.69, 9.17) is 4.74 Å². The summed E-state index contributed by atoms with van der Waals surface area (Å²) in [7, 11) is 0. The number of amides is 1. The minimum absolute atomic E-state index is 0.0000231. The Labute approximate surface area is 109 Å². The van der Waals surface area contributed by atoms with Gasteiger partial charge in [-0.3, -0.25) is 9.59 Å². The highest BCUT2D eigenvalue weighted by Crippen LogP contribution is 2.22. The third kappa shape index (κ3) is 4.09. The third-order valence-electron chi connectivity index (χ3n) is 3.42. The second-order valence-electron chi connectivity index (χ2n) is 6.01. The van der Waals surface area contributed by atoms with Gasteiger partial charge in [0, 0.05) is 25.6 Å². The Balaban J connectivity index is 2.65. The maximum atomic E-state index is 12.2. The predicted molar refractivity (Wildman–Crippen MR) is 70.2 cm³/mol. The van der Waals surface area contributed by atoms with Crippen molar-refractivity contribution in [2.75, 3.05) is 13.2 Å². The first-order chi connectivity index (χ1) is 8.36. The molecule has 0 aromatic carbocycles. The average Bonchev–Trinajstić information content (AvgIpc) is 2.34. The van der Waals surface area contributed by atoms with Crippen LogP contribution in [-0.4, -0.2) is 30.9 Å². The van der Waals surface area contributed by atoms with Crippen LogP contribution >= 0.6 is 0 Å². The minimum Gasteiger partial charge on any atom is -0.381 e. The highest BCUT2D eigenvalue weighted by molar-refractivity contribution is 5.90. The van der Waals surface area contributed by atoms with Crippen molar-refractivity contribution < 1.29 is 14.3 Å². The summed E-state index contributed by atoms with van der Waals surface area (Å²) in [5.74, 6) is 0.0937. The number of carbonyl (C=O) groups is 2. The highest BCUT2D eigenvalue weighted by Gasteiger charge is 2.33. The van der Waals surface area contributed by atoms with Gasteiger partial charge in [0.05, 0.1) is 6.04 Å². The first-order valence-corrected chi connectivity index (χ1v) is 6.77. The van der Waals surface area contributed by atoms with Crippen molar-refractivity contribution in [3.8, 4) is 0 Å². The molecule has 1 saturated heterocycles. The summed E-state index contributed by atoms with van der Waals surface area (Å²) in [6, 6.07) is -0.391. The summed E-state index contributed by atoms with van der Waals surface area (Å²) in [6.07, 6.45) is 1.96. The molecule has 0 spiro atoms. The topological polar surface area (TPSA) is 55.4 Å². The van der Waals surface area contributed by atoms with Crippen LogP contribution in [0.1, 0.15) is 47.0 Å². The first kappa shape index (κ1) is 15.2. The summed E-state index contributed by atoms with van der Waals surface area (Å²) in [6.45, 7) is 9.06. The van der Waals surface area contributed by atoms with E-state index < -0.39 is 6.04 Å². The van der Waals surface area contributed by atoms with Crippen LogP contribution in [0.2, 0.25) is 0 Å². The number of nitrogens with one attached hydrogen (secondary N) is 1. The lowest BCUT2D eigenvalue weighted by Gasteiger charge is -2.32. The van der Waals surface area contributed by atoms with Gasteiger partial charge in [0.15, 0.2) is 5.78 Å². The molecule has 0 bridgehead atoms. The van der Waals surface area contributed by atoms with E-state index >= 15 is 0 Å². The van der Waals surface area contributed by atoms with Crippen LogP contribution in [0.25, 0.3) is 0 Å². The minimum atomic E-state index is -0.391. The van der Waals surface area contributed by atoms with Crippen LogP contribution in [0, 0.1) is 11.3 Å². The van der Waals surface area contributed by atoms with Gasteiger partial charge in [0.25, 0.3) is 0 Å². The summed E-state index contributed by atoms with van der Waals surface area (Å²) >= 11 is 0. The van der Waals surface area contributed by atoms with Crippen LogP contribution in [0.4, 0.5) is 0 Å². The predicted octanol–water partition coefficient (Wildman–Crippen LogP) is 1.92. The highest BCUT2D eigenvalue weighted by atomic mass is 16.5. The fraction of sp³-hybridized carbons (Fsp3) is 0.857. The van der Waals surface area contributed by atoms with Crippen molar-refractivity contribution in [3.05, 3.63) is 0 Å². The van der Waals surface area contributed by atoms with Crippen molar-refractivity contribution >= 4 is 11.7 Å². The average molecular weight is 255 g/mol. The molecule has 1 N–H and O–H groups in total. The first-order valence-electron chi connectivity index (χ1n) is 6.77. The van der Waals surface area contributed by atoms with Crippen molar-refractivity contribution in [1.29, 1.82) is 0 Å². The second-order valence-corrected chi connectivity index (χ2v) is 6.01. The van der Waals surface area contributed by atoms with Gasteiger partial charge in [0.1, 0.15) is 0 Å². The van der Waals surface area contributed by atoms with Gasteiger partial charge in [0.2, 0.25) is 5.91 Å². The molecule has 1 amide bonds. The molecule has 1 fully saturated rings. The Hall–Kier alpha value is -0.900. The molecule has 18 heavy (non-hydrogen) atoms. The van der Waals surface area contributed by atoms with Crippen LogP contribution in [0.5, 0.6) is 0 Å². The number of ether oxygens (including phenoxy) is 1. The fourth-order valence-corrected chi connectivity index (χ4v) is 2.20. The lowest BCUT2D eigenvalue weighted by molar-refractivity contribution is -0.134. The van der Waals surface area contributed by atoms with Gasteiger partial charge in [-0.1, -0.05) is 27.7 Å². The van der Waals surface area contributed by atoms with E-state index in [1.807, 2.05) is 27.7 Å². The summed E-state index contributed by atoms with van der Waals surface area (Å²) < 4.78 is 5.24. The number of Topliss-reactive ketones (excluding diaryl/α,β-unsaturated/α-hetero) is 1. The molecule has 1 unspecified atom stereocenters. The Bertz CT molecular complexity index is 301. The molecule has 0 aromatic heterocycles. The SMILES string of the molecule is CCC(=O)C(NC(=O)C1CCOCC1)C(C)(C)C. The van der Waals surface area contributed by atoms with E-state index in [0.29, 0.717) is 19.6 Å². The third-order valence-corrected chi connectivity index (χ3v) is 3.42. The van der Waals surface area contributed by atoms with Crippen molar-refractivity contribution in [2.45, 2.75) is 53.0 Å². The van der Waals surface area contributed by atoms with Crippen LogP contribution in [0.15, 0.2) is 0 Å². The van der Waals surface area contributed by atoms with Crippen molar-refractivity contribution in [2.24, 2.45) is 11.3 Å². The molecule has 4 nitrogen and oxygen atoms in total. The van der Waals surface area contributed by atoms with Gasteiger partial charge < -0.3 is 10.1 Å². The molecule has 0 aromatic rings. The van der Waals surface area contributed by atoms with Crippen LogP contribution < -0.4 is 5.32 Å². The second kappa shape index (κ2) is 6.32. The molecule has 1 rings (SSSR count). The van der Waals surface area contributed by atoms with E-state index in [1.54, 1.807) is 0 Å². The molecule has 4 heteroatoms. The maximum Gasteiger partial charge on any atom is 0.223 e. The molecular formula is C14H25NO3. The Morgan fingerprint density at radius 2 is 1.83 bits per heavy atom. The Morgan fingerprint density at radius 1 is 1.28 bits per heavy atom. The number of hydrogen-bond donors (Lipinski definition) is 1. The molecule has 0 aliphatic carbocycles. The number of ketones is 1. The van der Waals surface area contributed by atoms with E-state index in [0.717, 1.165) is 12.8 Å². The monoisotopic (exact) mass is 255 g/mol. The van der Waals surface area contributed by atoms with E-state index in [1.165, 1.54) is 0 Å². The molecule has 1 atom stereocenters. The van der Waals surface area contributed by atoms with E-state index in [2.05, 4.69) is 5.32 Å². The molecule has 1 aliphatic heterocycles. The van der Waals surface area contributed by atoms with E-state index in [9.17, 15) is 9.59 Å². The zero-order valence-electron chi connectivity index (χ0n) is 11.9. The summed E-state index contributed by atoms with van der Waals surface area (Å²) in [5.41, 5.74) is -0.242. The largest absolute Gasteiger partial charge is 0.381 e. The molecule has 1 heterocycles. The Morgan fingerprint density at radius 3 is 2.28 bits per heavy atom. The smallest absolute Gasteiger partial charge is 0.223 e. The van der Waals surface area contributed by atoms with Gasteiger partial charge >= 0.3 is 0 Å². The van der Waals surface area contributed by atoms with Crippen LogP contribution in [0.3, 0.4) is 0 Å². The molecule has 104 valence electrons. The fourth-order valence-electron chi connectivity index (χ4n) is 2.20. The number of hydrogen-bond acceptors (Lipinski definition) is 3. The summed E-state index contributed by atoms with van der Waals surface area (Å²) in [5, 5.41) is 2.93. The number of carbonyl (C=O) groups excluding carboxylic acids is 2. The molecular weight excluding hydrogens is 230 g/mol. The van der Waals surface area contributed by atoms with Gasteiger partial charge in [-0.15, -0.1) is 0 Å². The molecule has 1 aliphatic rings. The quantitative estimate of drug-likeness (QED) is 0.835. The lowest BCUT2D eigenvalue weighted by Crippen LogP contribution is -2.51. The van der Waals surface area contributed by atoms with Crippen molar-refractivity contribution in [1.82, 2.24) is 5.32 Å². The van der Waals surface area contributed by atoms with Gasteiger partial charge in [-0.05, 0) is 18.3 Å². The Kier molecular flexibility index (Phi) is 5.32. The standard InChI is InChI=1S/C14H25NO3/c1-5-11(16)12(14(2,3)4)15-13(17)10-6-8-18-9-7-10/h10,12H,5-9H2,1-4H3,(H,15,17). The number of rotatable bonds is 4. The van der Waals surface area contributed by atoms with Gasteiger partial charge in [-0.2, -0.15) is 0 Å². The normalized spacial score (nSPS) is 19.3. The van der Waals surface area contributed by atoms with Gasteiger partial charge in [-0.25, -0.2) is 0 Å². The van der Waals surface area contributed by atoms with E-state index in [-0.39, 0.29) is 23.0 Å². The zero-order chi connectivity index (χ0) is 13.8. The molecule has 0 radical (unpaired) electrons. The molecule has 0 saturated carbocycles.